The first kappa shape index (κ1) is 39.6. The van der Waals surface area contributed by atoms with Crippen LogP contribution >= 0.6 is 12.4 Å². The van der Waals surface area contributed by atoms with Crippen LogP contribution < -0.4 is 5.32 Å². The number of amides is 1. The number of nitrogens with one attached hydrogen (secondary N) is 1. The van der Waals surface area contributed by atoms with Crippen molar-refractivity contribution < 1.29 is 29.3 Å². The molecule has 2 spiro atoms. The number of benzene rings is 2. The molecular weight excluding hydrogens is 656 g/mol. The molecule has 6 rings (SSSR count). The molecule has 10 nitrogen and oxygen atoms in total. The second-order valence-electron chi connectivity index (χ2n) is 15.6. The lowest BCUT2D eigenvalue weighted by molar-refractivity contribution is 0.00163. The van der Waals surface area contributed by atoms with E-state index in [1.807, 2.05) is 63.8 Å². The predicted octanol–water partition coefficient (Wildman–Crippen LogP) is 6.89. The van der Waals surface area contributed by atoms with Crippen LogP contribution in [0.4, 0.5) is 4.79 Å². The average molecular weight is 713 g/mol. The highest BCUT2D eigenvalue weighted by Crippen LogP contribution is 2.40. The molecule has 0 aliphatic carbocycles. The SMILES string of the molecule is Cc1ccc(CN2CCCC23CCN(C(=O)OC(C)(C)C)CC3)cc1C(=O)O.Cc1ccc(CN2CCCC23CCNCC3)cc1C(=O)O.Cl. The molecule has 0 saturated carbocycles. The Balaban J connectivity index is 0.000000229. The van der Waals surface area contributed by atoms with Gasteiger partial charge in [0.05, 0.1) is 11.1 Å². The minimum Gasteiger partial charge on any atom is -0.478 e. The molecule has 0 unspecified atom stereocenters. The molecule has 4 aliphatic heterocycles. The van der Waals surface area contributed by atoms with Crippen LogP contribution in [-0.4, -0.2) is 98.9 Å². The summed E-state index contributed by atoms with van der Waals surface area (Å²) in [5.41, 5.74) is 4.58. The van der Waals surface area contributed by atoms with Crippen molar-refractivity contribution in [2.75, 3.05) is 39.3 Å². The van der Waals surface area contributed by atoms with Gasteiger partial charge >= 0.3 is 18.0 Å². The Labute approximate surface area is 303 Å². The molecule has 4 fully saturated rings. The smallest absolute Gasteiger partial charge is 0.410 e. The second-order valence-corrected chi connectivity index (χ2v) is 15.6. The van der Waals surface area contributed by atoms with E-state index < -0.39 is 17.5 Å². The Hall–Kier alpha value is -3.18. The van der Waals surface area contributed by atoms with Crippen molar-refractivity contribution in [2.24, 2.45) is 0 Å². The van der Waals surface area contributed by atoms with Crippen LogP contribution in [0.2, 0.25) is 0 Å². The van der Waals surface area contributed by atoms with E-state index in [2.05, 4.69) is 21.2 Å². The molecule has 3 N–H and O–H groups in total. The number of carbonyl (C=O) groups excluding carboxylic acids is 1. The van der Waals surface area contributed by atoms with Crippen LogP contribution in [0.5, 0.6) is 0 Å². The molecule has 0 aromatic heterocycles. The molecule has 4 heterocycles. The van der Waals surface area contributed by atoms with Crippen LogP contribution in [0.1, 0.15) is 115 Å². The lowest BCUT2D eigenvalue weighted by Gasteiger charge is -2.45. The number of nitrogens with zero attached hydrogens (tertiary/aromatic N) is 3. The molecule has 0 atom stereocenters. The number of carbonyl (C=O) groups is 3. The second kappa shape index (κ2) is 16.4. The topological polar surface area (TPSA) is 123 Å². The number of rotatable bonds is 6. The van der Waals surface area contributed by atoms with Crippen LogP contribution in [0.15, 0.2) is 36.4 Å². The van der Waals surface area contributed by atoms with Gasteiger partial charge in [-0.15, -0.1) is 12.4 Å². The number of carboxylic acid groups (broad SMARTS) is 2. The van der Waals surface area contributed by atoms with Gasteiger partial charge in [0.25, 0.3) is 0 Å². The van der Waals surface area contributed by atoms with Crippen molar-refractivity contribution in [1.29, 1.82) is 0 Å². The first-order valence-electron chi connectivity index (χ1n) is 18.0. The Morgan fingerprint density at radius 1 is 0.720 bits per heavy atom. The molecular formula is C39H57ClN4O6. The van der Waals surface area contributed by atoms with Crippen LogP contribution in [0.25, 0.3) is 0 Å². The molecule has 2 aromatic carbocycles. The van der Waals surface area contributed by atoms with Gasteiger partial charge in [-0.25, -0.2) is 14.4 Å². The fraction of sp³-hybridized carbons (Fsp3) is 0.615. The molecule has 4 aliphatic rings. The summed E-state index contributed by atoms with van der Waals surface area (Å²) >= 11 is 0. The van der Waals surface area contributed by atoms with Crippen LogP contribution in [0, 0.1) is 13.8 Å². The fourth-order valence-electron chi connectivity index (χ4n) is 8.38. The normalized spacial score (nSPS) is 20.2. The maximum absolute atomic E-state index is 12.4. The number of aromatic carboxylic acids is 2. The van der Waals surface area contributed by atoms with Crippen LogP contribution in [0.3, 0.4) is 0 Å². The zero-order valence-electron chi connectivity index (χ0n) is 30.6. The summed E-state index contributed by atoms with van der Waals surface area (Å²) in [5.74, 6) is -1.70. The van der Waals surface area contributed by atoms with E-state index in [0.717, 1.165) is 87.2 Å². The van der Waals surface area contributed by atoms with Gasteiger partial charge in [0.2, 0.25) is 0 Å². The first-order chi connectivity index (χ1) is 23.2. The van der Waals surface area contributed by atoms with Crippen molar-refractivity contribution in [3.8, 4) is 0 Å². The number of piperidine rings is 2. The van der Waals surface area contributed by atoms with E-state index >= 15 is 0 Å². The highest BCUT2D eigenvalue weighted by molar-refractivity contribution is 5.90. The van der Waals surface area contributed by atoms with Crippen molar-refractivity contribution in [3.63, 3.8) is 0 Å². The van der Waals surface area contributed by atoms with Crippen molar-refractivity contribution >= 4 is 30.4 Å². The molecule has 2 aromatic rings. The van der Waals surface area contributed by atoms with Gasteiger partial charge in [-0.3, -0.25) is 9.80 Å². The van der Waals surface area contributed by atoms with E-state index in [9.17, 15) is 24.6 Å². The lowest BCUT2D eigenvalue weighted by Crippen LogP contribution is -2.53. The van der Waals surface area contributed by atoms with Gasteiger partial charge in [0.1, 0.15) is 5.60 Å². The Kier molecular flexibility index (Phi) is 13.0. The number of aryl methyl sites for hydroxylation is 2. The third kappa shape index (κ3) is 9.37. The monoisotopic (exact) mass is 712 g/mol. The highest BCUT2D eigenvalue weighted by Gasteiger charge is 2.44. The number of ether oxygens (including phenoxy) is 1. The molecule has 4 saturated heterocycles. The maximum Gasteiger partial charge on any atom is 0.410 e. The minimum atomic E-state index is -0.874. The van der Waals surface area contributed by atoms with Crippen molar-refractivity contribution in [3.05, 3.63) is 69.8 Å². The summed E-state index contributed by atoms with van der Waals surface area (Å²) in [6.45, 7) is 16.8. The molecule has 276 valence electrons. The number of likely N-dealkylation sites (tertiary alicyclic amines) is 3. The van der Waals surface area contributed by atoms with E-state index in [0.29, 0.717) is 29.8 Å². The van der Waals surface area contributed by atoms with Gasteiger partial charge in [0.15, 0.2) is 0 Å². The lowest BCUT2D eigenvalue weighted by atomic mass is 9.84. The predicted molar refractivity (Wildman–Crippen MR) is 197 cm³/mol. The highest BCUT2D eigenvalue weighted by atomic mass is 35.5. The summed E-state index contributed by atoms with van der Waals surface area (Å²) in [6, 6.07) is 11.6. The summed E-state index contributed by atoms with van der Waals surface area (Å²) in [4.78, 5) is 42.0. The molecule has 0 bridgehead atoms. The third-order valence-corrected chi connectivity index (χ3v) is 11.2. The zero-order valence-corrected chi connectivity index (χ0v) is 31.4. The van der Waals surface area contributed by atoms with E-state index in [1.54, 1.807) is 6.07 Å². The van der Waals surface area contributed by atoms with Crippen molar-refractivity contribution in [2.45, 2.75) is 116 Å². The minimum absolute atomic E-state index is 0. The van der Waals surface area contributed by atoms with Gasteiger partial charge < -0.3 is 25.2 Å². The number of hydrogen-bond acceptors (Lipinski definition) is 7. The van der Waals surface area contributed by atoms with Crippen molar-refractivity contribution in [1.82, 2.24) is 20.0 Å². The first-order valence-corrected chi connectivity index (χ1v) is 18.0. The third-order valence-electron chi connectivity index (χ3n) is 11.2. The van der Waals surface area contributed by atoms with Gasteiger partial charge in [-0.2, -0.15) is 0 Å². The summed E-state index contributed by atoms with van der Waals surface area (Å²) < 4.78 is 5.52. The van der Waals surface area contributed by atoms with E-state index in [4.69, 9.17) is 4.74 Å². The quantitative estimate of drug-likeness (QED) is 0.294. The number of hydrogen-bond donors (Lipinski definition) is 3. The standard InChI is InChI=1S/C22H32N2O4.C17H24N2O2.ClH/c1-16-6-7-17(14-18(16)19(25)26)15-24-11-5-8-22(24)9-12-23(13-10-22)20(27)28-21(2,3)4;1-13-3-4-14(11-15(13)16(20)21)12-19-10-2-5-17(19)6-8-18-9-7-17;/h6-7,14H,5,8-13,15H2,1-4H3,(H,25,26);3-4,11,18H,2,5-10,12H2,1H3,(H,20,21);1H. The Morgan fingerprint density at radius 3 is 1.58 bits per heavy atom. The number of carboxylic acids is 2. The Morgan fingerprint density at radius 2 is 1.16 bits per heavy atom. The number of halogens is 1. The fourth-order valence-corrected chi connectivity index (χ4v) is 8.38. The molecule has 11 heteroatoms. The summed E-state index contributed by atoms with van der Waals surface area (Å²) in [6.07, 6.45) is 8.89. The van der Waals surface area contributed by atoms with E-state index in [-0.39, 0.29) is 24.0 Å². The van der Waals surface area contributed by atoms with Gasteiger partial charge in [0, 0.05) is 37.3 Å². The Bertz CT molecular complexity index is 1510. The van der Waals surface area contributed by atoms with Gasteiger partial charge in [-0.1, -0.05) is 24.3 Å². The molecule has 1 amide bonds. The summed E-state index contributed by atoms with van der Waals surface area (Å²) in [7, 11) is 0. The van der Waals surface area contributed by atoms with E-state index in [1.165, 1.54) is 25.7 Å². The summed E-state index contributed by atoms with van der Waals surface area (Å²) in [5, 5.41) is 22.1. The largest absolute Gasteiger partial charge is 0.478 e. The van der Waals surface area contributed by atoms with Gasteiger partial charge in [-0.05, 0) is 147 Å². The molecule has 50 heavy (non-hydrogen) atoms. The maximum atomic E-state index is 12.4. The van der Waals surface area contributed by atoms with Crippen LogP contribution in [-0.2, 0) is 17.8 Å². The molecule has 0 radical (unpaired) electrons. The zero-order chi connectivity index (χ0) is 35.4. The average Bonchev–Trinajstić information content (AvgIpc) is 3.61.